The molecule has 0 fully saturated rings. The first-order valence-electron chi connectivity index (χ1n) is 15.8. The number of nitrogens with one attached hydrogen (secondary N) is 2. The van der Waals surface area contributed by atoms with E-state index in [4.69, 9.17) is 0 Å². The van der Waals surface area contributed by atoms with Crippen molar-refractivity contribution in [2.45, 2.75) is 39.2 Å². The molecular weight excluding hydrogens is 578 g/mol. The van der Waals surface area contributed by atoms with E-state index in [1.165, 1.54) is 16.0 Å². The van der Waals surface area contributed by atoms with E-state index in [0.29, 0.717) is 33.6 Å². The first-order valence-corrected chi connectivity index (χ1v) is 15.8. The Kier molecular flexibility index (Phi) is 10.4. The van der Waals surface area contributed by atoms with Gasteiger partial charge in [0.15, 0.2) is 0 Å². The van der Waals surface area contributed by atoms with Crippen LogP contribution in [0, 0.1) is 0 Å². The lowest BCUT2D eigenvalue weighted by Crippen LogP contribution is -2.31. The van der Waals surface area contributed by atoms with Crippen molar-refractivity contribution in [2.75, 3.05) is 43.5 Å². The molecule has 3 aromatic carbocycles. The number of anilines is 2. The third-order valence-corrected chi connectivity index (χ3v) is 8.51. The van der Waals surface area contributed by atoms with Gasteiger partial charge >= 0.3 is 0 Å². The van der Waals surface area contributed by atoms with Gasteiger partial charge in [-0.1, -0.05) is 30.3 Å². The molecule has 9 heteroatoms. The number of aliphatic hydroxyl groups is 1. The zero-order valence-corrected chi connectivity index (χ0v) is 26.6. The third kappa shape index (κ3) is 7.26. The van der Waals surface area contributed by atoms with Crippen molar-refractivity contribution >= 4 is 29.1 Å². The fourth-order valence-corrected chi connectivity index (χ4v) is 5.96. The quantitative estimate of drug-likeness (QED) is 0.198. The lowest BCUT2D eigenvalue weighted by molar-refractivity contribution is 0.0766. The van der Waals surface area contributed by atoms with Crippen LogP contribution in [0.2, 0.25) is 0 Å². The molecule has 0 spiro atoms. The van der Waals surface area contributed by atoms with Crippen molar-refractivity contribution in [3.63, 3.8) is 0 Å². The lowest BCUT2D eigenvalue weighted by atomic mass is 9.87. The molecule has 0 aliphatic heterocycles. The zero-order chi connectivity index (χ0) is 32.6. The number of likely N-dealkylation sites (N-methyl/N-ethyl adjacent to an activating group) is 1. The molecule has 4 aromatic rings. The Morgan fingerprint density at radius 3 is 2.43 bits per heavy atom. The SMILES string of the molecule is CCN(CC)c1ccc(NC(=O)c2cccc(C(=O)N(C)CCO)c2)c(-c2cc(C(=O)N[C@H]3CCCc4ccccc43)ccn2)c1. The Hall–Kier alpha value is -5.02. The number of carbonyl (C=O) groups is 3. The van der Waals surface area contributed by atoms with E-state index in [9.17, 15) is 19.5 Å². The summed E-state index contributed by atoms with van der Waals surface area (Å²) in [6, 6.07) is 23.9. The molecule has 0 radical (unpaired) electrons. The van der Waals surface area contributed by atoms with Gasteiger partial charge in [0, 0.05) is 60.8 Å². The number of aromatic nitrogens is 1. The Morgan fingerprint density at radius 1 is 0.891 bits per heavy atom. The average molecular weight is 620 g/mol. The monoisotopic (exact) mass is 619 g/mol. The standard InChI is InChI=1S/C37H41N5O4/c1-4-42(5-2)29-16-17-33(40-35(44)26-12-8-13-28(22-26)37(46)41(3)20-21-43)31(24-29)34-23-27(18-19-38-34)36(45)39-32-15-9-11-25-10-6-7-14-30(25)32/h6-8,10,12-14,16-19,22-24,32,43H,4-5,9,11,15,20-21H2,1-3H3,(H,39,45)(H,40,44)/t32-/m0/s1. The van der Waals surface area contributed by atoms with Crippen molar-refractivity contribution in [1.29, 1.82) is 0 Å². The highest BCUT2D eigenvalue weighted by molar-refractivity contribution is 6.08. The topological polar surface area (TPSA) is 115 Å². The van der Waals surface area contributed by atoms with Crippen LogP contribution in [0.15, 0.2) is 85.1 Å². The molecule has 3 amide bonds. The molecule has 46 heavy (non-hydrogen) atoms. The number of hydrogen-bond donors (Lipinski definition) is 3. The number of nitrogens with zero attached hydrogens (tertiary/aromatic N) is 3. The van der Waals surface area contributed by atoms with Crippen LogP contribution < -0.4 is 15.5 Å². The van der Waals surface area contributed by atoms with Crippen LogP contribution in [0.5, 0.6) is 0 Å². The van der Waals surface area contributed by atoms with E-state index in [0.717, 1.165) is 38.0 Å². The number of hydrogen-bond acceptors (Lipinski definition) is 6. The first kappa shape index (κ1) is 32.4. The summed E-state index contributed by atoms with van der Waals surface area (Å²) in [6.07, 6.45) is 4.53. The van der Waals surface area contributed by atoms with Gasteiger partial charge in [0.2, 0.25) is 0 Å². The van der Waals surface area contributed by atoms with Gasteiger partial charge in [-0.05, 0) is 92.8 Å². The summed E-state index contributed by atoms with van der Waals surface area (Å²) in [5.41, 5.74) is 6.30. The van der Waals surface area contributed by atoms with E-state index < -0.39 is 0 Å². The Bertz CT molecular complexity index is 1720. The second kappa shape index (κ2) is 14.8. The van der Waals surface area contributed by atoms with Crippen molar-refractivity contribution < 1.29 is 19.5 Å². The average Bonchev–Trinajstić information content (AvgIpc) is 3.09. The minimum absolute atomic E-state index is 0.0546. The van der Waals surface area contributed by atoms with E-state index in [-0.39, 0.29) is 36.9 Å². The van der Waals surface area contributed by atoms with Gasteiger partial charge in [0.05, 0.1) is 24.0 Å². The lowest BCUT2D eigenvalue weighted by Gasteiger charge is -2.26. The van der Waals surface area contributed by atoms with Crippen LogP contribution in [-0.2, 0) is 6.42 Å². The van der Waals surface area contributed by atoms with Crippen LogP contribution in [0.4, 0.5) is 11.4 Å². The van der Waals surface area contributed by atoms with Crippen molar-refractivity contribution in [3.05, 3.63) is 113 Å². The summed E-state index contributed by atoms with van der Waals surface area (Å²) in [7, 11) is 1.60. The van der Waals surface area contributed by atoms with Crippen LogP contribution >= 0.6 is 0 Å². The predicted molar refractivity (Wildman–Crippen MR) is 181 cm³/mol. The Labute approximate surface area is 270 Å². The number of aryl methyl sites for hydroxylation is 1. The zero-order valence-electron chi connectivity index (χ0n) is 26.6. The molecule has 0 bridgehead atoms. The van der Waals surface area contributed by atoms with Crippen LogP contribution in [-0.4, -0.2) is 66.0 Å². The molecule has 0 unspecified atom stereocenters. The maximum Gasteiger partial charge on any atom is 0.255 e. The van der Waals surface area contributed by atoms with Crippen molar-refractivity contribution in [2.24, 2.45) is 0 Å². The van der Waals surface area contributed by atoms with Gasteiger partial charge in [-0.2, -0.15) is 0 Å². The Morgan fingerprint density at radius 2 is 1.65 bits per heavy atom. The predicted octanol–water partition coefficient (Wildman–Crippen LogP) is 5.72. The van der Waals surface area contributed by atoms with Gasteiger partial charge < -0.3 is 25.5 Å². The summed E-state index contributed by atoms with van der Waals surface area (Å²) in [5.74, 6) is -0.853. The van der Waals surface area contributed by atoms with Crippen LogP contribution in [0.3, 0.4) is 0 Å². The number of rotatable bonds is 11. The summed E-state index contributed by atoms with van der Waals surface area (Å²) < 4.78 is 0. The van der Waals surface area contributed by atoms with Crippen LogP contribution in [0.1, 0.15) is 74.9 Å². The van der Waals surface area contributed by atoms with E-state index in [2.05, 4.69) is 46.5 Å². The van der Waals surface area contributed by atoms with Gasteiger partial charge in [-0.25, -0.2) is 0 Å². The van der Waals surface area contributed by atoms with Crippen molar-refractivity contribution in [3.8, 4) is 11.3 Å². The molecule has 1 aliphatic carbocycles. The molecule has 1 aliphatic rings. The molecule has 0 saturated carbocycles. The minimum Gasteiger partial charge on any atom is -0.395 e. The largest absolute Gasteiger partial charge is 0.395 e. The summed E-state index contributed by atoms with van der Waals surface area (Å²) in [5, 5.41) is 15.5. The highest BCUT2D eigenvalue weighted by atomic mass is 16.3. The highest BCUT2D eigenvalue weighted by Gasteiger charge is 2.23. The second-order valence-electron chi connectivity index (χ2n) is 11.4. The van der Waals surface area contributed by atoms with Gasteiger partial charge in [-0.15, -0.1) is 0 Å². The molecular formula is C37H41N5O4. The number of carbonyl (C=O) groups excluding carboxylic acids is 3. The smallest absolute Gasteiger partial charge is 0.255 e. The normalized spacial score (nSPS) is 13.8. The number of amides is 3. The molecule has 3 N–H and O–H groups in total. The molecule has 1 aromatic heterocycles. The first-order chi connectivity index (χ1) is 22.3. The van der Waals surface area contributed by atoms with E-state index >= 15 is 0 Å². The minimum atomic E-state index is -0.388. The van der Waals surface area contributed by atoms with Gasteiger partial charge in [0.25, 0.3) is 17.7 Å². The summed E-state index contributed by atoms with van der Waals surface area (Å²) in [4.78, 5) is 48.1. The fraction of sp³-hybridized carbons (Fsp3) is 0.297. The summed E-state index contributed by atoms with van der Waals surface area (Å²) >= 11 is 0. The number of benzene rings is 3. The molecule has 238 valence electrons. The molecule has 5 rings (SSSR count). The third-order valence-electron chi connectivity index (χ3n) is 8.51. The second-order valence-corrected chi connectivity index (χ2v) is 11.4. The van der Waals surface area contributed by atoms with Gasteiger partial charge in [0.1, 0.15) is 0 Å². The van der Waals surface area contributed by atoms with Crippen molar-refractivity contribution in [1.82, 2.24) is 15.2 Å². The number of aliphatic hydroxyl groups excluding tert-OH is 1. The van der Waals surface area contributed by atoms with Gasteiger partial charge in [-0.3, -0.25) is 19.4 Å². The Balaban J connectivity index is 1.44. The highest BCUT2D eigenvalue weighted by Crippen LogP contribution is 2.33. The summed E-state index contributed by atoms with van der Waals surface area (Å²) in [6.45, 7) is 5.79. The van der Waals surface area contributed by atoms with Crippen LogP contribution in [0.25, 0.3) is 11.3 Å². The number of pyridine rings is 1. The van der Waals surface area contributed by atoms with E-state index in [1.807, 2.05) is 30.3 Å². The number of fused-ring (bicyclic) bond motifs is 1. The maximum atomic E-state index is 13.5. The molecule has 1 heterocycles. The van der Waals surface area contributed by atoms with E-state index in [1.54, 1.807) is 49.6 Å². The molecule has 9 nitrogen and oxygen atoms in total. The molecule has 0 saturated heterocycles. The fourth-order valence-electron chi connectivity index (χ4n) is 5.96. The maximum absolute atomic E-state index is 13.5. The molecule has 1 atom stereocenters.